The van der Waals surface area contributed by atoms with Gasteiger partial charge in [-0.25, -0.2) is 8.78 Å². The standard InChI is InChI=1S/C8H9F2NO3S/c1-15(12,13)14-6-4-2-3-5(7(6)11)8(9)10/h2-4,8H,11H2,1H3. The average molecular weight is 237 g/mol. The predicted molar refractivity (Wildman–Crippen MR) is 51.3 cm³/mol. The summed E-state index contributed by atoms with van der Waals surface area (Å²) in [6.07, 6.45) is -1.96. The number of rotatable bonds is 3. The Morgan fingerprint density at radius 3 is 2.47 bits per heavy atom. The van der Waals surface area contributed by atoms with Gasteiger partial charge in [-0.15, -0.1) is 0 Å². The number of hydrogen-bond acceptors (Lipinski definition) is 4. The summed E-state index contributed by atoms with van der Waals surface area (Å²) in [7, 11) is -3.77. The van der Waals surface area contributed by atoms with Crippen LogP contribution in [0.2, 0.25) is 0 Å². The Bertz CT molecular complexity index is 459. The summed E-state index contributed by atoms with van der Waals surface area (Å²) < 4.78 is 50.7. The zero-order chi connectivity index (χ0) is 11.6. The molecule has 2 N–H and O–H groups in total. The van der Waals surface area contributed by atoms with Crippen LogP contribution < -0.4 is 9.92 Å². The lowest BCUT2D eigenvalue weighted by Crippen LogP contribution is -2.08. The first-order chi connectivity index (χ1) is 6.81. The van der Waals surface area contributed by atoms with Gasteiger partial charge in [-0.3, -0.25) is 0 Å². The van der Waals surface area contributed by atoms with Gasteiger partial charge < -0.3 is 9.92 Å². The average Bonchev–Trinajstić information content (AvgIpc) is 2.05. The van der Waals surface area contributed by atoms with E-state index in [4.69, 9.17) is 5.73 Å². The van der Waals surface area contributed by atoms with Crippen LogP contribution in [-0.2, 0) is 10.1 Å². The van der Waals surface area contributed by atoms with Crippen LogP contribution in [0.4, 0.5) is 14.5 Å². The van der Waals surface area contributed by atoms with Crippen molar-refractivity contribution in [1.29, 1.82) is 0 Å². The smallest absolute Gasteiger partial charge is 0.306 e. The van der Waals surface area contributed by atoms with Crippen LogP contribution >= 0.6 is 0 Å². The molecule has 15 heavy (non-hydrogen) atoms. The Labute approximate surface area is 85.8 Å². The molecular weight excluding hydrogens is 228 g/mol. The summed E-state index contributed by atoms with van der Waals surface area (Å²) in [6.45, 7) is 0. The maximum Gasteiger partial charge on any atom is 0.306 e. The van der Waals surface area contributed by atoms with Gasteiger partial charge in [-0.05, 0) is 6.07 Å². The fraction of sp³-hybridized carbons (Fsp3) is 0.250. The maximum absolute atomic E-state index is 12.4. The van der Waals surface area contributed by atoms with Crippen molar-refractivity contribution >= 4 is 15.8 Å². The second kappa shape index (κ2) is 4.01. The number of nitrogen functional groups attached to an aromatic ring is 1. The molecule has 0 spiro atoms. The van der Waals surface area contributed by atoms with Crippen molar-refractivity contribution in [1.82, 2.24) is 0 Å². The van der Waals surface area contributed by atoms with E-state index in [9.17, 15) is 17.2 Å². The molecule has 0 unspecified atom stereocenters. The van der Waals surface area contributed by atoms with Crippen LogP contribution in [0.1, 0.15) is 12.0 Å². The quantitative estimate of drug-likeness (QED) is 0.639. The first-order valence-corrected chi connectivity index (χ1v) is 5.69. The van der Waals surface area contributed by atoms with Crippen molar-refractivity contribution in [2.75, 3.05) is 12.0 Å². The predicted octanol–water partition coefficient (Wildman–Crippen LogP) is 1.54. The number of benzene rings is 1. The molecule has 0 bridgehead atoms. The molecule has 4 nitrogen and oxygen atoms in total. The Morgan fingerprint density at radius 1 is 1.40 bits per heavy atom. The molecule has 0 saturated heterocycles. The number of halogens is 2. The van der Waals surface area contributed by atoms with Crippen LogP contribution in [0.15, 0.2) is 18.2 Å². The number of para-hydroxylation sites is 1. The number of hydrogen-bond donors (Lipinski definition) is 1. The first-order valence-electron chi connectivity index (χ1n) is 3.87. The zero-order valence-corrected chi connectivity index (χ0v) is 8.59. The molecule has 0 aromatic heterocycles. The van der Waals surface area contributed by atoms with Gasteiger partial charge in [0.05, 0.1) is 11.9 Å². The molecule has 0 saturated carbocycles. The summed E-state index contributed by atoms with van der Waals surface area (Å²) >= 11 is 0. The molecule has 7 heteroatoms. The van der Waals surface area contributed by atoms with E-state index < -0.39 is 22.1 Å². The highest BCUT2D eigenvalue weighted by molar-refractivity contribution is 7.86. The highest BCUT2D eigenvalue weighted by Gasteiger charge is 2.16. The molecule has 0 aliphatic rings. The third kappa shape index (κ3) is 3.05. The van der Waals surface area contributed by atoms with E-state index >= 15 is 0 Å². The molecule has 0 radical (unpaired) electrons. The van der Waals surface area contributed by atoms with Crippen molar-refractivity contribution in [3.8, 4) is 5.75 Å². The van der Waals surface area contributed by atoms with E-state index in [1.807, 2.05) is 0 Å². The Morgan fingerprint density at radius 2 is 2.00 bits per heavy atom. The molecule has 84 valence electrons. The third-order valence-corrected chi connectivity index (χ3v) is 2.06. The van der Waals surface area contributed by atoms with Crippen LogP contribution in [0.5, 0.6) is 5.75 Å². The topological polar surface area (TPSA) is 69.4 Å². The molecule has 0 amide bonds. The van der Waals surface area contributed by atoms with Gasteiger partial charge in [0, 0.05) is 5.56 Å². The minimum absolute atomic E-state index is 0.282. The summed E-state index contributed by atoms with van der Waals surface area (Å²) in [5.74, 6) is -0.282. The van der Waals surface area contributed by atoms with Crippen molar-refractivity contribution in [2.45, 2.75) is 6.43 Å². The van der Waals surface area contributed by atoms with Crippen molar-refractivity contribution in [3.05, 3.63) is 23.8 Å². The fourth-order valence-corrected chi connectivity index (χ4v) is 1.46. The van der Waals surface area contributed by atoms with Crippen molar-refractivity contribution < 1.29 is 21.4 Å². The fourth-order valence-electron chi connectivity index (χ4n) is 0.987. The highest BCUT2D eigenvalue weighted by Crippen LogP contribution is 2.32. The summed E-state index contributed by atoms with van der Waals surface area (Å²) in [5, 5.41) is 0. The Kier molecular flexibility index (Phi) is 3.13. The highest BCUT2D eigenvalue weighted by atomic mass is 32.2. The van der Waals surface area contributed by atoms with Gasteiger partial charge in [0.2, 0.25) is 0 Å². The van der Waals surface area contributed by atoms with E-state index in [0.29, 0.717) is 0 Å². The van der Waals surface area contributed by atoms with Gasteiger partial charge in [-0.2, -0.15) is 8.42 Å². The van der Waals surface area contributed by atoms with E-state index in [2.05, 4.69) is 4.18 Å². The molecule has 0 atom stereocenters. The number of anilines is 1. The van der Waals surface area contributed by atoms with Gasteiger partial charge in [0.1, 0.15) is 0 Å². The first kappa shape index (κ1) is 11.7. The SMILES string of the molecule is CS(=O)(=O)Oc1cccc(C(F)F)c1N. The summed E-state index contributed by atoms with van der Waals surface area (Å²) in [5.41, 5.74) is 4.51. The van der Waals surface area contributed by atoms with Crippen LogP contribution in [0.3, 0.4) is 0 Å². The van der Waals surface area contributed by atoms with Gasteiger partial charge >= 0.3 is 10.1 Å². The van der Waals surface area contributed by atoms with Gasteiger partial charge in [0.15, 0.2) is 5.75 Å². The second-order valence-electron chi connectivity index (χ2n) is 2.85. The molecule has 1 aromatic rings. The van der Waals surface area contributed by atoms with Gasteiger partial charge in [0.25, 0.3) is 6.43 Å². The van der Waals surface area contributed by atoms with E-state index in [0.717, 1.165) is 12.3 Å². The lowest BCUT2D eigenvalue weighted by Gasteiger charge is -2.09. The van der Waals surface area contributed by atoms with Crippen molar-refractivity contribution in [3.63, 3.8) is 0 Å². The van der Waals surface area contributed by atoms with Crippen LogP contribution in [0, 0.1) is 0 Å². The molecule has 0 fully saturated rings. The monoisotopic (exact) mass is 237 g/mol. The lowest BCUT2D eigenvalue weighted by molar-refractivity contribution is 0.152. The maximum atomic E-state index is 12.4. The summed E-state index contributed by atoms with van der Waals surface area (Å²) in [4.78, 5) is 0. The molecule has 1 aromatic carbocycles. The Hall–Kier alpha value is -1.37. The van der Waals surface area contributed by atoms with Gasteiger partial charge in [-0.1, -0.05) is 12.1 Å². The Balaban J connectivity index is 3.16. The van der Waals surface area contributed by atoms with Crippen molar-refractivity contribution in [2.24, 2.45) is 0 Å². The normalized spacial score (nSPS) is 11.7. The number of nitrogens with two attached hydrogens (primary N) is 1. The molecule has 0 aliphatic carbocycles. The minimum atomic E-state index is -3.77. The molecule has 0 aliphatic heterocycles. The molecule has 1 rings (SSSR count). The molecule has 0 heterocycles. The summed E-state index contributed by atoms with van der Waals surface area (Å²) in [6, 6.07) is 3.57. The van der Waals surface area contributed by atoms with Crippen LogP contribution in [-0.4, -0.2) is 14.7 Å². The largest absolute Gasteiger partial charge is 0.395 e. The molecular formula is C8H9F2NO3S. The second-order valence-corrected chi connectivity index (χ2v) is 4.42. The third-order valence-electron chi connectivity index (χ3n) is 1.58. The van der Waals surface area contributed by atoms with E-state index in [1.165, 1.54) is 12.1 Å². The number of alkyl halides is 2. The lowest BCUT2D eigenvalue weighted by atomic mass is 10.2. The van der Waals surface area contributed by atoms with E-state index in [1.54, 1.807) is 0 Å². The zero-order valence-electron chi connectivity index (χ0n) is 7.78. The van der Waals surface area contributed by atoms with E-state index in [-0.39, 0.29) is 11.4 Å². The minimum Gasteiger partial charge on any atom is -0.395 e. The van der Waals surface area contributed by atoms with Crippen LogP contribution in [0.25, 0.3) is 0 Å².